The molecule has 2 aromatic rings. The highest BCUT2D eigenvalue weighted by molar-refractivity contribution is 5.88. The first-order chi connectivity index (χ1) is 16.6. The molecule has 1 aliphatic carbocycles. The van der Waals surface area contributed by atoms with Gasteiger partial charge in [0.2, 0.25) is 0 Å². The Morgan fingerprint density at radius 3 is 2.15 bits per heavy atom. The van der Waals surface area contributed by atoms with Gasteiger partial charge in [-0.15, -0.1) is 0 Å². The molecule has 0 amide bonds. The molecule has 2 aromatic carbocycles. The first-order valence-corrected chi connectivity index (χ1v) is 12.9. The summed E-state index contributed by atoms with van der Waals surface area (Å²) in [7, 11) is 0. The maximum absolute atomic E-state index is 11.1. The van der Waals surface area contributed by atoms with Crippen LogP contribution in [0.5, 0.6) is 0 Å². The van der Waals surface area contributed by atoms with Gasteiger partial charge in [-0.05, 0) is 80.4 Å². The van der Waals surface area contributed by atoms with Crippen molar-refractivity contribution in [3.05, 3.63) is 65.7 Å². The summed E-state index contributed by atoms with van der Waals surface area (Å²) in [5, 5.41) is 19.7. The minimum absolute atomic E-state index is 0.334. The lowest BCUT2D eigenvalue weighted by Crippen LogP contribution is -2.53. The van der Waals surface area contributed by atoms with Crippen LogP contribution in [-0.4, -0.2) is 48.7 Å². The van der Waals surface area contributed by atoms with Gasteiger partial charge in [-0.3, -0.25) is 0 Å². The largest absolute Gasteiger partial charge is 0.478 e. The number of carboxylic acids is 1. The van der Waals surface area contributed by atoms with Crippen LogP contribution in [0.1, 0.15) is 54.4 Å². The number of anilines is 1. The zero-order valence-electron chi connectivity index (χ0n) is 19.9. The summed E-state index contributed by atoms with van der Waals surface area (Å²) >= 11 is 0. The second kappa shape index (κ2) is 9.80. The van der Waals surface area contributed by atoms with E-state index >= 15 is 0 Å². The van der Waals surface area contributed by atoms with Gasteiger partial charge in [0.15, 0.2) is 0 Å². The molecule has 5 heteroatoms. The van der Waals surface area contributed by atoms with Crippen LogP contribution in [0.2, 0.25) is 0 Å². The van der Waals surface area contributed by atoms with Crippen LogP contribution >= 0.6 is 0 Å². The van der Waals surface area contributed by atoms with Gasteiger partial charge in [-0.2, -0.15) is 5.26 Å². The van der Waals surface area contributed by atoms with Gasteiger partial charge in [0.25, 0.3) is 0 Å². The van der Waals surface area contributed by atoms with Gasteiger partial charge in [-0.1, -0.05) is 43.2 Å². The van der Waals surface area contributed by atoms with Gasteiger partial charge in [0.05, 0.1) is 17.0 Å². The van der Waals surface area contributed by atoms with E-state index in [4.69, 9.17) is 5.11 Å². The van der Waals surface area contributed by atoms with Crippen molar-refractivity contribution in [2.45, 2.75) is 43.9 Å². The number of nitrogens with zero attached hydrogens (tertiary/aromatic N) is 3. The predicted molar refractivity (Wildman–Crippen MR) is 134 cm³/mol. The third-order valence-electron chi connectivity index (χ3n) is 8.62. The number of carboxylic acid groups (broad SMARTS) is 1. The molecule has 0 bridgehead atoms. The summed E-state index contributed by atoms with van der Waals surface area (Å²) in [6.07, 6.45) is 7.11. The number of hydrogen-bond acceptors (Lipinski definition) is 4. The van der Waals surface area contributed by atoms with E-state index in [2.05, 4.69) is 46.2 Å². The fraction of sp³-hybridized carbons (Fsp3) is 0.517. The number of rotatable bonds is 7. The number of carbonyl (C=O) groups is 1. The molecule has 2 heterocycles. The van der Waals surface area contributed by atoms with Crippen LogP contribution in [0.3, 0.4) is 0 Å². The van der Waals surface area contributed by atoms with E-state index < -0.39 is 5.97 Å². The quantitative estimate of drug-likeness (QED) is 0.620. The second-order valence-electron chi connectivity index (χ2n) is 10.5. The number of benzene rings is 2. The number of likely N-dealkylation sites (tertiary alicyclic amines) is 1. The minimum atomic E-state index is -0.878. The highest BCUT2D eigenvalue weighted by atomic mass is 16.4. The van der Waals surface area contributed by atoms with E-state index in [0.717, 1.165) is 51.3 Å². The molecule has 5 rings (SSSR count). The fourth-order valence-corrected chi connectivity index (χ4v) is 6.79. The van der Waals surface area contributed by atoms with Crippen LogP contribution in [-0.2, 0) is 5.41 Å². The molecule has 0 aromatic heterocycles. The minimum Gasteiger partial charge on any atom is -0.478 e. The molecule has 0 spiro atoms. The topological polar surface area (TPSA) is 67.6 Å². The molecule has 5 nitrogen and oxygen atoms in total. The first-order valence-electron chi connectivity index (χ1n) is 12.9. The Labute approximate surface area is 203 Å². The highest BCUT2D eigenvalue weighted by Crippen LogP contribution is 2.50. The van der Waals surface area contributed by atoms with E-state index in [1.807, 2.05) is 12.1 Å². The Bertz CT molecular complexity index is 1010. The first kappa shape index (κ1) is 22.9. The molecule has 34 heavy (non-hydrogen) atoms. The number of nitriles is 1. The molecule has 3 aliphatic rings. The Kier molecular flexibility index (Phi) is 6.61. The van der Waals surface area contributed by atoms with E-state index in [9.17, 15) is 10.1 Å². The predicted octanol–water partition coefficient (Wildman–Crippen LogP) is 5.18. The molecule has 1 unspecified atom stereocenters. The van der Waals surface area contributed by atoms with Crippen molar-refractivity contribution in [3.63, 3.8) is 0 Å². The zero-order chi connectivity index (χ0) is 23.5. The van der Waals surface area contributed by atoms with Crippen molar-refractivity contribution in [3.8, 4) is 6.07 Å². The molecule has 2 saturated heterocycles. The molecule has 1 N–H and O–H groups in total. The fourth-order valence-electron chi connectivity index (χ4n) is 6.79. The summed E-state index contributed by atoms with van der Waals surface area (Å²) in [6, 6.07) is 20.8. The van der Waals surface area contributed by atoms with Crippen LogP contribution < -0.4 is 4.90 Å². The number of aromatic carboxylic acids is 1. The van der Waals surface area contributed by atoms with Gasteiger partial charge >= 0.3 is 5.97 Å². The normalized spacial score (nSPS) is 22.1. The summed E-state index contributed by atoms with van der Waals surface area (Å²) in [4.78, 5) is 16.0. The number of piperidine rings is 1. The SMILES string of the molecule is N#CC(c1ccccc1)(C1CCCC1)C1CCN(CC2CN(c3ccc(C(=O)O)cc3)C2)CC1. The summed E-state index contributed by atoms with van der Waals surface area (Å²) in [5.74, 6) is 0.700. The Hall–Kier alpha value is -2.84. The van der Waals surface area contributed by atoms with Crippen molar-refractivity contribution in [2.24, 2.45) is 17.8 Å². The van der Waals surface area contributed by atoms with Gasteiger partial charge in [0.1, 0.15) is 0 Å². The Morgan fingerprint density at radius 2 is 1.56 bits per heavy atom. The van der Waals surface area contributed by atoms with Crippen molar-refractivity contribution >= 4 is 11.7 Å². The molecular formula is C29H35N3O2. The summed E-state index contributed by atoms with van der Waals surface area (Å²) in [6.45, 7) is 5.33. The molecule has 178 valence electrons. The average molecular weight is 458 g/mol. The van der Waals surface area contributed by atoms with E-state index in [1.54, 1.807) is 12.1 Å². The standard InChI is InChI=1S/C29H35N3O2/c30-21-29(25-8-4-5-9-25,24-6-2-1-3-7-24)26-14-16-31(17-15-26)18-22-19-32(20-22)27-12-10-23(11-13-27)28(33)34/h1-3,6-7,10-13,22,25-26H,4-5,8-9,14-20H2,(H,33,34). The average Bonchev–Trinajstić information content (AvgIpc) is 3.39. The molecule has 1 atom stereocenters. The lowest BCUT2D eigenvalue weighted by atomic mass is 9.60. The van der Waals surface area contributed by atoms with E-state index in [-0.39, 0.29) is 5.41 Å². The smallest absolute Gasteiger partial charge is 0.335 e. The zero-order valence-corrected chi connectivity index (χ0v) is 19.9. The highest BCUT2D eigenvalue weighted by Gasteiger charge is 2.48. The van der Waals surface area contributed by atoms with Crippen molar-refractivity contribution in [1.29, 1.82) is 5.26 Å². The van der Waals surface area contributed by atoms with Crippen LogP contribution in [0, 0.1) is 29.1 Å². The maximum atomic E-state index is 11.1. The Balaban J connectivity index is 1.17. The molecule has 0 radical (unpaired) electrons. The number of hydrogen-bond donors (Lipinski definition) is 1. The summed E-state index contributed by atoms with van der Waals surface area (Å²) in [5.41, 5.74) is 2.36. The van der Waals surface area contributed by atoms with Gasteiger partial charge < -0.3 is 14.9 Å². The molecular weight excluding hydrogens is 422 g/mol. The lowest BCUT2D eigenvalue weighted by Gasteiger charge is -2.47. The molecule has 3 fully saturated rings. The third-order valence-corrected chi connectivity index (χ3v) is 8.62. The van der Waals surface area contributed by atoms with Crippen molar-refractivity contribution in [2.75, 3.05) is 37.6 Å². The van der Waals surface area contributed by atoms with E-state index in [1.165, 1.54) is 31.2 Å². The van der Waals surface area contributed by atoms with Crippen LogP contribution in [0.15, 0.2) is 54.6 Å². The van der Waals surface area contributed by atoms with Crippen molar-refractivity contribution in [1.82, 2.24) is 4.90 Å². The van der Waals surface area contributed by atoms with Crippen LogP contribution in [0.4, 0.5) is 5.69 Å². The molecule has 2 aliphatic heterocycles. The van der Waals surface area contributed by atoms with E-state index in [0.29, 0.717) is 23.3 Å². The molecule has 1 saturated carbocycles. The van der Waals surface area contributed by atoms with Gasteiger partial charge in [0, 0.05) is 31.2 Å². The van der Waals surface area contributed by atoms with Gasteiger partial charge in [-0.25, -0.2) is 4.79 Å². The van der Waals surface area contributed by atoms with Crippen molar-refractivity contribution < 1.29 is 9.90 Å². The lowest BCUT2D eigenvalue weighted by molar-refractivity contribution is 0.0697. The summed E-state index contributed by atoms with van der Waals surface area (Å²) < 4.78 is 0. The third kappa shape index (κ3) is 4.32. The second-order valence-corrected chi connectivity index (χ2v) is 10.5. The maximum Gasteiger partial charge on any atom is 0.335 e. The Morgan fingerprint density at radius 1 is 0.941 bits per heavy atom. The van der Waals surface area contributed by atoms with Crippen LogP contribution in [0.25, 0.3) is 0 Å². The monoisotopic (exact) mass is 457 g/mol.